The maximum absolute atomic E-state index is 3.93. The van der Waals surface area contributed by atoms with Crippen LogP contribution < -0.4 is 10.6 Å². The average molecular weight is 286 g/mol. The molecular weight excluding hydrogens is 256 g/mol. The van der Waals surface area contributed by atoms with Crippen LogP contribution in [-0.4, -0.2) is 18.6 Å². The fraction of sp³-hybridized carbons (Fsp3) is 0.684. The lowest BCUT2D eigenvalue weighted by Gasteiger charge is -2.34. The SMILES string of the molecule is Cc1cccc([C@H](C)NC2CCCC2C2CCCCN2)c1. The summed E-state index contributed by atoms with van der Waals surface area (Å²) in [6.07, 6.45) is 8.28. The van der Waals surface area contributed by atoms with E-state index in [0.29, 0.717) is 12.1 Å². The molecule has 1 aliphatic heterocycles. The maximum atomic E-state index is 3.93. The normalized spacial score (nSPS) is 31.2. The Morgan fingerprint density at radius 1 is 1.14 bits per heavy atom. The highest BCUT2D eigenvalue weighted by Crippen LogP contribution is 2.33. The number of hydrogen-bond acceptors (Lipinski definition) is 2. The lowest BCUT2D eigenvalue weighted by Crippen LogP contribution is -2.47. The fourth-order valence-electron chi connectivity index (χ4n) is 4.28. The molecule has 0 amide bonds. The molecule has 1 heterocycles. The van der Waals surface area contributed by atoms with Crippen molar-refractivity contribution in [2.24, 2.45) is 5.92 Å². The van der Waals surface area contributed by atoms with E-state index in [4.69, 9.17) is 0 Å². The van der Waals surface area contributed by atoms with Gasteiger partial charge in [-0.3, -0.25) is 0 Å². The molecule has 4 atom stereocenters. The largest absolute Gasteiger partial charge is 0.314 e. The molecule has 0 spiro atoms. The summed E-state index contributed by atoms with van der Waals surface area (Å²) in [4.78, 5) is 0. The van der Waals surface area contributed by atoms with Gasteiger partial charge in [-0.05, 0) is 57.6 Å². The van der Waals surface area contributed by atoms with Gasteiger partial charge in [0.05, 0.1) is 0 Å². The van der Waals surface area contributed by atoms with Gasteiger partial charge in [0.15, 0.2) is 0 Å². The predicted molar refractivity (Wildman–Crippen MR) is 89.5 cm³/mol. The van der Waals surface area contributed by atoms with E-state index in [1.165, 1.54) is 56.2 Å². The van der Waals surface area contributed by atoms with Crippen molar-refractivity contribution in [2.45, 2.75) is 70.5 Å². The van der Waals surface area contributed by atoms with Crippen molar-refractivity contribution < 1.29 is 0 Å². The second kappa shape index (κ2) is 6.93. The van der Waals surface area contributed by atoms with Gasteiger partial charge < -0.3 is 10.6 Å². The summed E-state index contributed by atoms with van der Waals surface area (Å²) in [5.41, 5.74) is 2.79. The Morgan fingerprint density at radius 2 is 2.05 bits per heavy atom. The zero-order valence-electron chi connectivity index (χ0n) is 13.6. The van der Waals surface area contributed by atoms with E-state index in [0.717, 1.165) is 12.0 Å². The van der Waals surface area contributed by atoms with E-state index in [1.807, 2.05) is 0 Å². The van der Waals surface area contributed by atoms with Crippen LogP contribution in [0.4, 0.5) is 0 Å². The molecule has 3 rings (SSSR count). The Labute approximate surface area is 129 Å². The molecule has 1 aromatic carbocycles. The summed E-state index contributed by atoms with van der Waals surface area (Å²) in [5, 5.41) is 7.70. The quantitative estimate of drug-likeness (QED) is 0.875. The Bertz CT molecular complexity index is 451. The van der Waals surface area contributed by atoms with Crippen molar-refractivity contribution in [3.63, 3.8) is 0 Å². The highest BCUT2D eigenvalue weighted by Gasteiger charge is 2.34. The molecule has 3 unspecified atom stereocenters. The number of piperidine rings is 1. The van der Waals surface area contributed by atoms with Gasteiger partial charge in [0.25, 0.3) is 0 Å². The summed E-state index contributed by atoms with van der Waals surface area (Å²) in [6.45, 7) is 5.72. The third-order valence-electron chi connectivity index (χ3n) is 5.44. The zero-order valence-corrected chi connectivity index (χ0v) is 13.6. The van der Waals surface area contributed by atoms with Gasteiger partial charge in [-0.25, -0.2) is 0 Å². The zero-order chi connectivity index (χ0) is 14.7. The Kier molecular flexibility index (Phi) is 4.97. The van der Waals surface area contributed by atoms with E-state index in [1.54, 1.807) is 0 Å². The minimum absolute atomic E-state index is 0.457. The van der Waals surface area contributed by atoms with Crippen LogP contribution in [0.2, 0.25) is 0 Å². The van der Waals surface area contributed by atoms with Crippen molar-refractivity contribution in [1.29, 1.82) is 0 Å². The van der Waals surface area contributed by atoms with Gasteiger partial charge in [0, 0.05) is 18.1 Å². The molecule has 1 aromatic rings. The van der Waals surface area contributed by atoms with E-state index in [2.05, 4.69) is 48.7 Å². The van der Waals surface area contributed by atoms with Crippen molar-refractivity contribution in [3.05, 3.63) is 35.4 Å². The molecule has 2 aliphatic rings. The fourth-order valence-corrected chi connectivity index (χ4v) is 4.28. The molecule has 0 aromatic heterocycles. The lowest BCUT2D eigenvalue weighted by atomic mass is 9.88. The second-order valence-electron chi connectivity index (χ2n) is 7.06. The molecule has 2 heteroatoms. The first-order chi connectivity index (χ1) is 10.2. The molecular formula is C19H30N2. The highest BCUT2D eigenvalue weighted by molar-refractivity contribution is 5.24. The van der Waals surface area contributed by atoms with E-state index in [9.17, 15) is 0 Å². The predicted octanol–water partition coefficient (Wildman–Crippen LogP) is 3.96. The van der Waals surface area contributed by atoms with E-state index < -0.39 is 0 Å². The molecule has 2 N–H and O–H groups in total. The third kappa shape index (κ3) is 3.67. The summed E-state index contributed by atoms with van der Waals surface area (Å²) in [6, 6.07) is 10.8. The highest BCUT2D eigenvalue weighted by atomic mass is 15.0. The molecule has 21 heavy (non-hydrogen) atoms. The van der Waals surface area contributed by atoms with Crippen molar-refractivity contribution >= 4 is 0 Å². The lowest BCUT2D eigenvalue weighted by molar-refractivity contribution is 0.248. The van der Waals surface area contributed by atoms with E-state index >= 15 is 0 Å². The Morgan fingerprint density at radius 3 is 2.81 bits per heavy atom. The summed E-state index contributed by atoms with van der Waals surface area (Å²) >= 11 is 0. The number of aryl methyl sites for hydroxylation is 1. The molecule has 0 bridgehead atoms. The number of benzene rings is 1. The van der Waals surface area contributed by atoms with Crippen molar-refractivity contribution in [2.75, 3.05) is 6.54 Å². The number of nitrogens with one attached hydrogen (secondary N) is 2. The van der Waals surface area contributed by atoms with Crippen LogP contribution in [0.5, 0.6) is 0 Å². The smallest absolute Gasteiger partial charge is 0.0294 e. The van der Waals surface area contributed by atoms with Crippen LogP contribution in [0.3, 0.4) is 0 Å². The molecule has 2 nitrogen and oxygen atoms in total. The van der Waals surface area contributed by atoms with Crippen LogP contribution in [0.25, 0.3) is 0 Å². The summed E-state index contributed by atoms with van der Waals surface area (Å²) in [7, 11) is 0. The van der Waals surface area contributed by atoms with Crippen LogP contribution in [0, 0.1) is 12.8 Å². The minimum Gasteiger partial charge on any atom is -0.314 e. The van der Waals surface area contributed by atoms with Gasteiger partial charge in [-0.15, -0.1) is 0 Å². The minimum atomic E-state index is 0.457. The summed E-state index contributed by atoms with van der Waals surface area (Å²) in [5.74, 6) is 0.831. The van der Waals surface area contributed by atoms with Crippen LogP contribution >= 0.6 is 0 Å². The van der Waals surface area contributed by atoms with Gasteiger partial charge in [0.1, 0.15) is 0 Å². The molecule has 116 valence electrons. The number of hydrogen-bond donors (Lipinski definition) is 2. The van der Waals surface area contributed by atoms with Gasteiger partial charge in [-0.1, -0.05) is 42.7 Å². The van der Waals surface area contributed by atoms with Crippen LogP contribution in [0.1, 0.15) is 62.6 Å². The first kappa shape index (κ1) is 15.1. The van der Waals surface area contributed by atoms with Gasteiger partial charge in [0.2, 0.25) is 0 Å². The molecule has 1 saturated heterocycles. The van der Waals surface area contributed by atoms with Crippen LogP contribution in [0.15, 0.2) is 24.3 Å². The topological polar surface area (TPSA) is 24.1 Å². The molecule has 0 radical (unpaired) electrons. The average Bonchev–Trinajstić information content (AvgIpc) is 2.96. The molecule has 1 aliphatic carbocycles. The van der Waals surface area contributed by atoms with Gasteiger partial charge >= 0.3 is 0 Å². The molecule has 2 fully saturated rings. The summed E-state index contributed by atoms with van der Waals surface area (Å²) < 4.78 is 0. The van der Waals surface area contributed by atoms with Crippen molar-refractivity contribution in [1.82, 2.24) is 10.6 Å². The standard InChI is InChI=1S/C19H30N2/c1-14-7-5-8-16(13-14)15(2)21-19-11-6-9-17(19)18-10-3-4-12-20-18/h5,7-8,13,15,17-21H,3-4,6,9-12H2,1-2H3/t15-,17?,18?,19?/m0/s1. The number of rotatable bonds is 4. The maximum Gasteiger partial charge on any atom is 0.0294 e. The first-order valence-electron chi connectivity index (χ1n) is 8.80. The Balaban J connectivity index is 1.62. The monoisotopic (exact) mass is 286 g/mol. The van der Waals surface area contributed by atoms with Crippen molar-refractivity contribution in [3.8, 4) is 0 Å². The second-order valence-corrected chi connectivity index (χ2v) is 7.06. The van der Waals surface area contributed by atoms with Gasteiger partial charge in [-0.2, -0.15) is 0 Å². The Hall–Kier alpha value is -0.860. The van der Waals surface area contributed by atoms with E-state index in [-0.39, 0.29) is 0 Å². The third-order valence-corrected chi connectivity index (χ3v) is 5.44. The van der Waals surface area contributed by atoms with Crippen LogP contribution in [-0.2, 0) is 0 Å². The molecule has 1 saturated carbocycles. The first-order valence-corrected chi connectivity index (χ1v) is 8.80.